The normalized spacial score (nSPS) is 21.1. The Balaban J connectivity index is 1.58. The molecule has 2 aliphatic heterocycles. The van der Waals surface area contributed by atoms with Crippen molar-refractivity contribution in [1.29, 1.82) is 0 Å². The third kappa shape index (κ3) is 6.95. The second-order valence-corrected chi connectivity index (χ2v) is 10.7. The van der Waals surface area contributed by atoms with Gasteiger partial charge in [0.15, 0.2) is 0 Å². The lowest BCUT2D eigenvalue weighted by molar-refractivity contribution is -0.150. The Morgan fingerprint density at radius 2 is 1.79 bits per heavy atom. The van der Waals surface area contributed by atoms with Crippen LogP contribution in [0.15, 0.2) is 24.3 Å². The molecular formula is C27H43N3O3. The second kappa shape index (κ2) is 11.9. The van der Waals surface area contributed by atoms with Crippen molar-refractivity contribution >= 4 is 11.8 Å². The van der Waals surface area contributed by atoms with E-state index in [1.165, 1.54) is 0 Å². The molecule has 0 aliphatic carbocycles. The average molecular weight is 458 g/mol. The van der Waals surface area contributed by atoms with Gasteiger partial charge in [0.05, 0.1) is 12.6 Å². The molecule has 1 N–H and O–H groups in total. The molecule has 0 spiro atoms. The Kier molecular flexibility index (Phi) is 9.19. The van der Waals surface area contributed by atoms with Gasteiger partial charge in [-0.1, -0.05) is 45.9 Å². The molecule has 184 valence electrons. The van der Waals surface area contributed by atoms with Gasteiger partial charge in [-0.2, -0.15) is 0 Å². The predicted octanol–water partition coefficient (Wildman–Crippen LogP) is 3.87. The number of nitrogens with one attached hydrogen (secondary N) is 1. The van der Waals surface area contributed by atoms with Gasteiger partial charge in [-0.3, -0.25) is 9.59 Å². The van der Waals surface area contributed by atoms with E-state index in [0.717, 1.165) is 56.6 Å². The van der Waals surface area contributed by atoms with Crippen LogP contribution in [0.1, 0.15) is 58.9 Å². The highest BCUT2D eigenvalue weighted by molar-refractivity contribution is 5.90. The van der Waals surface area contributed by atoms with E-state index in [1.54, 1.807) is 0 Å². The number of para-hydroxylation sites is 1. The van der Waals surface area contributed by atoms with Crippen molar-refractivity contribution in [2.24, 2.45) is 17.8 Å². The summed E-state index contributed by atoms with van der Waals surface area (Å²) >= 11 is 0. The van der Waals surface area contributed by atoms with Crippen LogP contribution in [0.2, 0.25) is 0 Å². The van der Waals surface area contributed by atoms with E-state index in [4.69, 9.17) is 4.74 Å². The van der Waals surface area contributed by atoms with E-state index in [1.807, 2.05) is 28.0 Å². The Bertz CT molecular complexity index is 787. The Labute approximate surface area is 200 Å². The topological polar surface area (TPSA) is 61.9 Å². The lowest BCUT2D eigenvalue weighted by Gasteiger charge is -2.42. The molecule has 6 nitrogen and oxygen atoms in total. The van der Waals surface area contributed by atoms with Gasteiger partial charge in [0.1, 0.15) is 11.8 Å². The smallest absolute Gasteiger partial charge is 0.245 e. The number of aryl methyl sites for hydroxylation is 1. The first-order valence-electron chi connectivity index (χ1n) is 12.8. The molecule has 3 rings (SSSR count). The van der Waals surface area contributed by atoms with Gasteiger partial charge >= 0.3 is 0 Å². The molecule has 2 atom stereocenters. The maximum absolute atomic E-state index is 13.6. The summed E-state index contributed by atoms with van der Waals surface area (Å²) in [7, 11) is 0. The van der Waals surface area contributed by atoms with Crippen molar-refractivity contribution in [2.75, 3.05) is 32.8 Å². The number of hydrogen-bond donors (Lipinski definition) is 1. The zero-order valence-corrected chi connectivity index (χ0v) is 21.2. The number of piperidine rings is 1. The number of hydrogen-bond acceptors (Lipinski definition) is 4. The van der Waals surface area contributed by atoms with Gasteiger partial charge in [0.25, 0.3) is 0 Å². The van der Waals surface area contributed by atoms with Gasteiger partial charge < -0.3 is 19.9 Å². The van der Waals surface area contributed by atoms with Crippen LogP contribution < -0.4 is 10.1 Å². The first kappa shape index (κ1) is 25.5. The van der Waals surface area contributed by atoms with Crippen molar-refractivity contribution in [1.82, 2.24) is 15.1 Å². The number of benzene rings is 1. The van der Waals surface area contributed by atoms with Crippen LogP contribution in [0.4, 0.5) is 0 Å². The van der Waals surface area contributed by atoms with Gasteiger partial charge in [0.2, 0.25) is 11.8 Å². The minimum atomic E-state index is -0.353. The number of carbonyl (C=O) groups excluding carboxylic acids is 2. The molecule has 2 saturated heterocycles. The third-order valence-corrected chi connectivity index (χ3v) is 6.88. The zero-order valence-electron chi connectivity index (χ0n) is 21.2. The quantitative estimate of drug-likeness (QED) is 0.611. The summed E-state index contributed by atoms with van der Waals surface area (Å²) in [6, 6.07) is 7.57. The number of amides is 2. The van der Waals surface area contributed by atoms with Crippen molar-refractivity contribution < 1.29 is 14.3 Å². The molecule has 0 aromatic heterocycles. The minimum Gasteiger partial charge on any atom is -0.493 e. The highest BCUT2D eigenvalue weighted by atomic mass is 16.5. The number of ether oxygens (including phenoxy) is 1. The zero-order chi connectivity index (χ0) is 24.0. The predicted molar refractivity (Wildman–Crippen MR) is 132 cm³/mol. The molecule has 1 aromatic carbocycles. The summed E-state index contributed by atoms with van der Waals surface area (Å²) < 4.78 is 6.06. The average Bonchev–Trinajstić information content (AvgIpc) is 2.78. The minimum absolute atomic E-state index is 0.0930. The van der Waals surface area contributed by atoms with Gasteiger partial charge in [-0.05, 0) is 62.0 Å². The van der Waals surface area contributed by atoms with Crippen LogP contribution in [0.5, 0.6) is 5.75 Å². The fraction of sp³-hybridized carbons (Fsp3) is 0.704. The van der Waals surface area contributed by atoms with Crippen molar-refractivity contribution in [3.63, 3.8) is 0 Å². The number of piperazine rings is 1. The maximum Gasteiger partial charge on any atom is 0.245 e. The molecule has 1 aromatic rings. The summed E-state index contributed by atoms with van der Waals surface area (Å²) in [5.74, 6) is 2.41. The molecular weight excluding hydrogens is 414 g/mol. The van der Waals surface area contributed by atoms with E-state index >= 15 is 0 Å². The van der Waals surface area contributed by atoms with E-state index in [-0.39, 0.29) is 23.9 Å². The molecule has 0 saturated carbocycles. The molecule has 6 heteroatoms. The van der Waals surface area contributed by atoms with E-state index in [2.05, 4.69) is 46.0 Å². The Morgan fingerprint density at radius 3 is 2.42 bits per heavy atom. The number of carbonyl (C=O) groups is 2. The highest BCUT2D eigenvalue weighted by Gasteiger charge is 2.39. The van der Waals surface area contributed by atoms with Gasteiger partial charge in [-0.15, -0.1) is 0 Å². The third-order valence-electron chi connectivity index (χ3n) is 6.88. The highest BCUT2D eigenvalue weighted by Crippen LogP contribution is 2.25. The molecule has 2 aliphatic rings. The SMILES string of the molecule is Cc1ccccc1OCC1CCN(C(=O)[C@H](CC(C)C)N2CCN[C@@H](CC(C)C)C2=O)CC1. The van der Waals surface area contributed by atoms with Gasteiger partial charge in [-0.25, -0.2) is 0 Å². The maximum atomic E-state index is 13.6. The lowest BCUT2D eigenvalue weighted by atomic mass is 9.94. The standard InChI is InChI=1S/C27H43N3O3/c1-19(2)16-23-26(31)30(15-12-28-23)24(17-20(3)4)27(32)29-13-10-22(11-14-29)18-33-25-9-7-6-8-21(25)5/h6-9,19-20,22-24,28H,10-18H2,1-5H3/t23-,24-/m0/s1. The van der Waals surface area contributed by atoms with Crippen molar-refractivity contribution in [2.45, 2.75) is 72.4 Å². The monoisotopic (exact) mass is 457 g/mol. The van der Waals surface area contributed by atoms with Crippen LogP contribution in [0.25, 0.3) is 0 Å². The van der Waals surface area contributed by atoms with Gasteiger partial charge in [0, 0.05) is 26.2 Å². The number of nitrogens with zero attached hydrogens (tertiary/aromatic N) is 2. The summed E-state index contributed by atoms with van der Waals surface area (Å²) in [5.41, 5.74) is 1.15. The molecule has 2 amide bonds. The van der Waals surface area contributed by atoms with E-state index in [9.17, 15) is 9.59 Å². The van der Waals surface area contributed by atoms with Crippen molar-refractivity contribution in [3.8, 4) is 5.75 Å². The summed E-state index contributed by atoms with van der Waals surface area (Å²) in [5, 5.41) is 3.36. The largest absolute Gasteiger partial charge is 0.493 e. The molecule has 33 heavy (non-hydrogen) atoms. The number of likely N-dealkylation sites (tertiary alicyclic amines) is 1. The van der Waals surface area contributed by atoms with Crippen LogP contribution in [-0.4, -0.2) is 66.5 Å². The first-order valence-corrected chi connectivity index (χ1v) is 12.8. The summed E-state index contributed by atoms with van der Waals surface area (Å²) in [6.45, 7) is 14.1. The van der Waals surface area contributed by atoms with Crippen molar-refractivity contribution in [3.05, 3.63) is 29.8 Å². The van der Waals surface area contributed by atoms with E-state index in [0.29, 0.717) is 30.9 Å². The second-order valence-electron chi connectivity index (χ2n) is 10.7. The fourth-order valence-electron chi connectivity index (χ4n) is 4.99. The molecule has 0 radical (unpaired) electrons. The van der Waals surface area contributed by atoms with Crippen LogP contribution in [-0.2, 0) is 9.59 Å². The number of rotatable bonds is 9. The summed E-state index contributed by atoms with van der Waals surface area (Å²) in [4.78, 5) is 30.7. The lowest BCUT2D eigenvalue weighted by Crippen LogP contribution is -2.62. The van der Waals surface area contributed by atoms with Crippen LogP contribution in [0.3, 0.4) is 0 Å². The van der Waals surface area contributed by atoms with Crippen LogP contribution in [0, 0.1) is 24.7 Å². The first-order chi connectivity index (χ1) is 15.8. The summed E-state index contributed by atoms with van der Waals surface area (Å²) in [6.07, 6.45) is 3.41. The molecule has 0 bridgehead atoms. The fourth-order valence-corrected chi connectivity index (χ4v) is 4.99. The molecule has 2 fully saturated rings. The Hall–Kier alpha value is -2.08. The Morgan fingerprint density at radius 1 is 1.09 bits per heavy atom. The molecule has 2 heterocycles. The molecule has 0 unspecified atom stereocenters. The van der Waals surface area contributed by atoms with Crippen LogP contribution >= 0.6 is 0 Å². The van der Waals surface area contributed by atoms with E-state index < -0.39 is 0 Å².